The molecule has 1 N–H and O–H groups in total. The molecule has 1 aliphatic heterocycles. The van der Waals surface area contributed by atoms with E-state index < -0.39 is 0 Å². The fourth-order valence-electron chi connectivity index (χ4n) is 3.88. The van der Waals surface area contributed by atoms with E-state index in [2.05, 4.69) is 31.0 Å². The first-order valence-corrected chi connectivity index (χ1v) is 8.71. The standard InChI is InChI=1S/C17H34N2/c1-4-14(2)17-13-19(15(3)11-12-18-17)16-9-7-5-6-8-10-16/h14-18H,4-13H2,1-3H3. The lowest BCUT2D eigenvalue weighted by Gasteiger charge is -2.37. The Labute approximate surface area is 120 Å². The minimum absolute atomic E-state index is 0.707. The van der Waals surface area contributed by atoms with Gasteiger partial charge in [0.05, 0.1) is 0 Å². The third kappa shape index (κ3) is 4.19. The lowest BCUT2D eigenvalue weighted by Crippen LogP contribution is -2.47. The molecule has 1 aliphatic carbocycles. The third-order valence-electron chi connectivity index (χ3n) is 5.57. The van der Waals surface area contributed by atoms with Crippen molar-refractivity contribution in [3.05, 3.63) is 0 Å². The highest BCUT2D eigenvalue weighted by Gasteiger charge is 2.30. The van der Waals surface area contributed by atoms with Gasteiger partial charge in [-0.3, -0.25) is 4.90 Å². The molecule has 2 heteroatoms. The molecular weight excluding hydrogens is 232 g/mol. The molecule has 2 aliphatic rings. The number of hydrogen-bond acceptors (Lipinski definition) is 2. The Kier molecular flexibility index (Phi) is 6.15. The van der Waals surface area contributed by atoms with Crippen molar-refractivity contribution in [3.63, 3.8) is 0 Å². The molecule has 0 radical (unpaired) electrons. The molecule has 1 saturated heterocycles. The molecular formula is C17H34N2. The molecule has 112 valence electrons. The Morgan fingerprint density at radius 2 is 1.79 bits per heavy atom. The van der Waals surface area contributed by atoms with Gasteiger partial charge >= 0.3 is 0 Å². The van der Waals surface area contributed by atoms with Gasteiger partial charge < -0.3 is 5.32 Å². The van der Waals surface area contributed by atoms with Gasteiger partial charge in [0, 0.05) is 24.7 Å². The van der Waals surface area contributed by atoms with Crippen molar-refractivity contribution < 1.29 is 0 Å². The van der Waals surface area contributed by atoms with Gasteiger partial charge in [0.25, 0.3) is 0 Å². The summed E-state index contributed by atoms with van der Waals surface area (Å²) in [5.74, 6) is 0.804. The maximum atomic E-state index is 3.81. The lowest BCUT2D eigenvalue weighted by molar-refractivity contribution is 0.118. The number of rotatable bonds is 3. The molecule has 3 atom stereocenters. The summed E-state index contributed by atoms with van der Waals surface area (Å²) in [6.07, 6.45) is 11.3. The van der Waals surface area contributed by atoms with Crippen molar-refractivity contribution >= 4 is 0 Å². The van der Waals surface area contributed by atoms with E-state index in [-0.39, 0.29) is 0 Å². The van der Waals surface area contributed by atoms with Crippen molar-refractivity contribution in [1.82, 2.24) is 10.2 Å². The van der Waals surface area contributed by atoms with Crippen molar-refractivity contribution in [2.24, 2.45) is 5.92 Å². The van der Waals surface area contributed by atoms with Gasteiger partial charge in [-0.25, -0.2) is 0 Å². The average Bonchev–Trinajstić information content (AvgIpc) is 2.78. The summed E-state index contributed by atoms with van der Waals surface area (Å²) in [5.41, 5.74) is 0. The van der Waals surface area contributed by atoms with Gasteiger partial charge in [0.15, 0.2) is 0 Å². The van der Waals surface area contributed by atoms with E-state index in [1.54, 1.807) is 0 Å². The predicted octanol–water partition coefficient (Wildman–Crippen LogP) is 3.81. The Morgan fingerprint density at radius 1 is 1.11 bits per heavy atom. The van der Waals surface area contributed by atoms with Crippen LogP contribution in [0, 0.1) is 5.92 Å². The summed E-state index contributed by atoms with van der Waals surface area (Å²) in [4.78, 5) is 2.86. The molecule has 19 heavy (non-hydrogen) atoms. The van der Waals surface area contributed by atoms with E-state index in [1.807, 2.05) is 0 Å². The van der Waals surface area contributed by atoms with E-state index in [0.717, 1.165) is 18.0 Å². The van der Waals surface area contributed by atoms with E-state index >= 15 is 0 Å². The molecule has 1 saturated carbocycles. The molecule has 2 nitrogen and oxygen atoms in total. The summed E-state index contributed by atoms with van der Waals surface area (Å²) in [7, 11) is 0. The van der Waals surface area contributed by atoms with Gasteiger partial charge in [0.1, 0.15) is 0 Å². The smallest absolute Gasteiger partial charge is 0.0220 e. The Morgan fingerprint density at radius 3 is 2.42 bits per heavy atom. The second-order valence-electron chi connectivity index (χ2n) is 6.93. The van der Waals surface area contributed by atoms with Gasteiger partial charge in [0.2, 0.25) is 0 Å². The van der Waals surface area contributed by atoms with Crippen LogP contribution in [0.3, 0.4) is 0 Å². The molecule has 2 fully saturated rings. The second kappa shape index (κ2) is 7.64. The molecule has 0 spiro atoms. The van der Waals surface area contributed by atoms with Gasteiger partial charge in [-0.15, -0.1) is 0 Å². The fourth-order valence-corrected chi connectivity index (χ4v) is 3.88. The zero-order chi connectivity index (χ0) is 13.7. The highest BCUT2D eigenvalue weighted by molar-refractivity contribution is 4.88. The fraction of sp³-hybridized carbons (Fsp3) is 1.00. The Bertz CT molecular complexity index is 246. The molecule has 1 heterocycles. The maximum absolute atomic E-state index is 3.81. The minimum Gasteiger partial charge on any atom is -0.312 e. The molecule has 3 unspecified atom stereocenters. The highest BCUT2D eigenvalue weighted by atomic mass is 15.2. The highest BCUT2D eigenvalue weighted by Crippen LogP contribution is 2.26. The van der Waals surface area contributed by atoms with Crippen LogP contribution < -0.4 is 5.32 Å². The number of nitrogens with zero attached hydrogens (tertiary/aromatic N) is 1. The number of nitrogens with one attached hydrogen (secondary N) is 1. The van der Waals surface area contributed by atoms with Crippen LogP contribution in [0.2, 0.25) is 0 Å². The summed E-state index contributed by atoms with van der Waals surface area (Å²) in [5, 5.41) is 3.81. The normalized spacial score (nSPS) is 33.6. The average molecular weight is 266 g/mol. The minimum atomic E-state index is 0.707. The zero-order valence-corrected chi connectivity index (χ0v) is 13.3. The quantitative estimate of drug-likeness (QED) is 0.782. The van der Waals surface area contributed by atoms with Crippen LogP contribution in [0.5, 0.6) is 0 Å². The summed E-state index contributed by atoms with van der Waals surface area (Å²) in [6.45, 7) is 9.68. The third-order valence-corrected chi connectivity index (χ3v) is 5.57. The SMILES string of the molecule is CCC(C)C1CN(C2CCCCCC2)C(C)CCN1. The van der Waals surface area contributed by atoms with Crippen LogP contribution in [-0.2, 0) is 0 Å². The van der Waals surface area contributed by atoms with Crippen molar-refractivity contribution in [1.29, 1.82) is 0 Å². The Balaban J connectivity index is 2.01. The lowest BCUT2D eigenvalue weighted by atomic mass is 9.97. The van der Waals surface area contributed by atoms with Crippen LogP contribution in [-0.4, -0.2) is 36.1 Å². The molecule has 0 amide bonds. The van der Waals surface area contributed by atoms with Crippen molar-refractivity contribution in [2.75, 3.05) is 13.1 Å². The zero-order valence-electron chi connectivity index (χ0n) is 13.3. The van der Waals surface area contributed by atoms with Crippen LogP contribution in [0.1, 0.15) is 72.1 Å². The van der Waals surface area contributed by atoms with Gasteiger partial charge in [-0.2, -0.15) is 0 Å². The first-order chi connectivity index (χ1) is 9.22. The van der Waals surface area contributed by atoms with E-state index in [1.165, 1.54) is 64.5 Å². The molecule has 2 rings (SSSR count). The molecule has 0 aromatic rings. The topological polar surface area (TPSA) is 15.3 Å². The summed E-state index contributed by atoms with van der Waals surface area (Å²) >= 11 is 0. The second-order valence-corrected chi connectivity index (χ2v) is 6.93. The van der Waals surface area contributed by atoms with Crippen LogP contribution >= 0.6 is 0 Å². The monoisotopic (exact) mass is 266 g/mol. The Hall–Kier alpha value is -0.0800. The van der Waals surface area contributed by atoms with E-state index in [4.69, 9.17) is 0 Å². The largest absolute Gasteiger partial charge is 0.312 e. The van der Waals surface area contributed by atoms with Crippen LogP contribution in [0.4, 0.5) is 0 Å². The summed E-state index contributed by atoms with van der Waals surface area (Å²) < 4.78 is 0. The maximum Gasteiger partial charge on any atom is 0.0220 e. The predicted molar refractivity (Wildman–Crippen MR) is 83.5 cm³/mol. The molecule has 0 aromatic carbocycles. The van der Waals surface area contributed by atoms with Crippen molar-refractivity contribution in [3.8, 4) is 0 Å². The first-order valence-electron chi connectivity index (χ1n) is 8.71. The molecule has 0 bridgehead atoms. The summed E-state index contributed by atoms with van der Waals surface area (Å²) in [6, 6.07) is 2.34. The van der Waals surface area contributed by atoms with E-state index in [9.17, 15) is 0 Å². The van der Waals surface area contributed by atoms with Crippen molar-refractivity contribution in [2.45, 2.75) is 90.3 Å². The van der Waals surface area contributed by atoms with E-state index in [0.29, 0.717) is 6.04 Å². The van der Waals surface area contributed by atoms with Crippen LogP contribution in [0.25, 0.3) is 0 Å². The molecule has 0 aromatic heterocycles. The first kappa shape index (κ1) is 15.3. The van der Waals surface area contributed by atoms with Gasteiger partial charge in [-0.05, 0) is 38.6 Å². The van der Waals surface area contributed by atoms with Crippen LogP contribution in [0.15, 0.2) is 0 Å². The van der Waals surface area contributed by atoms with Gasteiger partial charge in [-0.1, -0.05) is 46.0 Å². The number of hydrogen-bond donors (Lipinski definition) is 1.